The number of rotatable bonds is 6. The zero-order valence-corrected chi connectivity index (χ0v) is 11.8. The van der Waals surface area contributed by atoms with E-state index in [2.05, 4.69) is 10.1 Å². The van der Waals surface area contributed by atoms with Gasteiger partial charge in [0.15, 0.2) is 11.5 Å². The molecule has 0 aliphatic carbocycles. The van der Waals surface area contributed by atoms with E-state index >= 15 is 0 Å². The Hall–Kier alpha value is -1.96. The SMILES string of the molecule is COc1ccc(NC(=O)[C@@H](C)OCC(F)(F)F)cc1OC. The third-order valence-corrected chi connectivity index (χ3v) is 2.52. The quantitative estimate of drug-likeness (QED) is 0.877. The number of carbonyl (C=O) groups excluding carboxylic acids is 1. The summed E-state index contributed by atoms with van der Waals surface area (Å²) in [6.45, 7) is -0.241. The fraction of sp³-hybridized carbons (Fsp3) is 0.462. The van der Waals surface area contributed by atoms with E-state index in [1.807, 2.05) is 0 Å². The third kappa shape index (κ3) is 5.50. The highest BCUT2D eigenvalue weighted by molar-refractivity contribution is 5.94. The number of hydrogen-bond donors (Lipinski definition) is 1. The van der Waals surface area contributed by atoms with Crippen molar-refractivity contribution >= 4 is 11.6 Å². The molecule has 1 amide bonds. The van der Waals surface area contributed by atoms with Crippen molar-refractivity contribution in [1.82, 2.24) is 0 Å². The summed E-state index contributed by atoms with van der Waals surface area (Å²) in [5.41, 5.74) is 0.361. The third-order valence-electron chi connectivity index (χ3n) is 2.52. The van der Waals surface area contributed by atoms with Crippen LogP contribution in [0, 0.1) is 0 Å². The van der Waals surface area contributed by atoms with Gasteiger partial charge >= 0.3 is 6.18 Å². The Labute approximate surface area is 120 Å². The average molecular weight is 307 g/mol. The van der Waals surface area contributed by atoms with Crippen molar-refractivity contribution < 1.29 is 32.2 Å². The second-order valence-electron chi connectivity index (χ2n) is 4.13. The minimum atomic E-state index is -4.47. The fourth-order valence-corrected chi connectivity index (χ4v) is 1.45. The molecule has 0 aliphatic rings. The Morgan fingerprint density at radius 1 is 1.24 bits per heavy atom. The molecule has 0 heterocycles. The highest BCUT2D eigenvalue weighted by Gasteiger charge is 2.29. The lowest BCUT2D eigenvalue weighted by Crippen LogP contribution is -2.31. The van der Waals surface area contributed by atoms with Crippen LogP contribution in [-0.4, -0.2) is 39.0 Å². The van der Waals surface area contributed by atoms with Crippen LogP contribution in [0.3, 0.4) is 0 Å². The van der Waals surface area contributed by atoms with E-state index in [1.54, 1.807) is 6.07 Å². The normalized spacial score (nSPS) is 12.7. The van der Waals surface area contributed by atoms with Gasteiger partial charge in [0.2, 0.25) is 0 Å². The van der Waals surface area contributed by atoms with Gasteiger partial charge < -0.3 is 19.5 Å². The predicted molar refractivity (Wildman–Crippen MR) is 69.6 cm³/mol. The highest BCUT2D eigenvalue weighted by Crippen LogP contribution is 2.29. The van der Waals surface area contributed by atoms with Gasteiger partial charge in [0.05, 0.1) is 14.2 Å². The largest absolute Gasteiger partial charge is 0.493 e. The monoisotopic (exact) mass is 307 g/mol. The van der Waals surface area contributed by atoms with E-state index in [-0.39, 0.29) is 0 Å². The van der Waals surface area contributed by atoms with Crippen molar-refractivity contribution in [3.05, 3.63) is 18.2 Å². The number of carbonyl (C=O) groups is 1. The first-order valence-electron chi connectivity index (χ1n) is 5.98. The fourth-order valence-electron chi connectivity index (χ4n) is 1.45. The van der Waals surface area contributed by atoms with Gasteiger partial charge in [-0.25, -0.2) is 0 Å². The Bertz CT molecular complexity index is 491. The second-order valence-corrected chi connectivity index (χ2v) is 4.13. The van der Waals surface area contributed by atoms with E-state index in [1.165, 1.54) is 33.3 Å². The van der Waals surface area contributed by atoms with Crippen molar-refractivity contribution in [3.8, 4) is 11.5 Å². The van der Waals surface area contributed by atoms with Crippen molar-refractivity contribution in [2.75, 3.05) is 26.1 Å². The number of methoxy groups -OCH3 is 2. The molecule has 21 heavy (non-hydrogen) atoms. The molecule has 118 valence electrons. The molecule has 1 aromatic carbocycles. The van der Waals surface area contributed by atoms with Crippen LogP contribution in [0.5, 0.6) is 11.5 Å². The van der Waals surface area contributed by atoms with Crippen molar-refractivity contribution in [2.24, 2.45) is 0 Å². The van der Waals surface area contributed by atoms with Gasteiger partial charge in [0, 0.05) is 11.8 Å². The van der Waals surface area contributed by atoms with Crippen LogP contribution in [0.15, 0.2) is 18.2 Å². The van der Waals surface area contributed by atoms with Crippen LogP contribution in [0.4, 0.5) is 18.9 Å². The van der Waals surface area contributed by atoms with Crippen LogP contribution in [-0.2, 0) is 9.53 Å². The lowest BCUT2D eigenvalue weighted by atomic mass is 10.2. The minimum absolute atomic E-state index is 0.361. The zero-order valence-electron chi connectivity index (χ0n) is 11.8. The van der Waals surface area contributed by atoms with Crippen LogP contribution < -0.4 is 14.8 Å². The highest BCUT2D eigenvalue weighted by atomic mass is 19.4. The van der Waals surface area contributed by atoms with E-state index in [4.69, 9.17) is 9.47 Å². The molecule has 0 saturated heterocycles. The molecule has 0 radical (unpaired) electrons. The Kier molecular flexibility index (Phi) is 5.83. The molecular weight excluding hydrogens is 291 g/mol. The molecule has 8 heteroatoms. The van der Waals surface area contributed by atoms with Gasteiger partial charge in [0.1, 0.15) is 12.7 Å². The van der Waals surface area contributed by atoms with Crippen molar-refractivity contribution in [1.29, 1.82) is 0 Å². The van der Waals surface area contributed by atoms with Gasteiger partial charge in [-0.2, -0.15) is 13.2 Å². The van der Waals surface area contributed by atoms with E-state index in [0.29, 0.717) is 17.2 Å². The predicted octanol–water partition coefficient (Wildman–Crippen LogP) is 2.61. The zero-order chi connectivity index (χ0) is 16.0. The smallest absolute Gasteiger partial charge is 0.411 e. The minimum Gasteiger partial charge on any atom is -0.493 e. The number of nitrogens with one attached hydrogen (secondary N) is 1. The average Bonchev–Trinajstić information content (AvgIpc) is 2.43. The first kappa shape index (κ1) is 17.1. The molecule has 0 aromatic heterocycles. The van der Waals surface area contributed by atoms with Crippen molar-refractivity contribution in [3.63, 3.8) is 0 Å². The summed E-state index contributed by atoms with van der Waals surface area (Å²) in [5.74, 6) is 0.169. The molecule has 1 rings (SSSR count). The summed E-state index contributed by atoms with van der Waals surface area (Å²) in [5, 5.41) is 2.44. The van der Waals surface area contributed by atoms with Crippen molar-refractivity contribution in [2.45, 2.75) is 19.2 Å². The molecule has 1 atom stereocenters. The number of amides is 1. The van der Waals surface area contributed by atoms with Gasteiger partial charge in [-0.3, -0.25) is 4.79 Å². The molecule has 0 saturated carbocycles. The number of benzene rings is 1. The standard InChI is InChI=1S/C13H16F3NO4/c1-8(21-7-13(14,15)16)12(18)17-9-4-5-10(19-2)11(6-9)20-3/h4-6,8H,7H2,1-3H3,(H,17,18)/t8-/m1/s1. The first-order valence-corrected chi connectivity index (χ1v) is 5.98. The second kappa shape index (κ2) is 7.16. The van der Waals surface area contributed by atoms with Crippen LogP contribution in [0.25, 0.3) is 0 Å². The maximum atomic E-state index is 12.0. The molecule has 0 unspecified atom stereocenters. The molecule has 5 nitrogen and oxygen atoms in total. The van der Waals surface area contributed by atoms with Crippen LogP contribution in [0.2, 0.25) is 0 Å². The lowest BCUT2D eigenvalue weighted by molar-refractivity contribution is -0.184. The topological polar surface area (TPSA) is 56.8 Å². The number of halogens is 3. The van der Waals surface area contributed by atoms with E-state index < -0.39 is 24.8 Å². The molecule has 1 aromatic rings. The first-order chi connectivity index (χ1) is 9.76. The summed E-state index contributed by atoms with van der Waals surface area (Å²) < 4.78 is 50.5. The Morgan fingerprint density at radius 3 is 2.38 bits per heavy atom. The van der Waals surface area contributed by atoms with Crippen LogP contribution in [0.1, 0.15) is 6.92 Å². The number of anilines is 1. The summed E-state index contributed by atoms with van der Waals surface area (Å²) in [7, 11) is 2.89. The molecule has 0 fully saturated rings. The van der Waals surface area contributed by atoms with Gasteiger partial charge in [-0.15, -0.1) is 0 Å². The number of ether oxygens (including phenoxy) is 3. The number of alkyl halides is 3. The van der Waals surface area contributed by atoms with Crippen LogP contribution >= 0.6 is 0 Å². The maximum Gasteiger partial charge on any atom is 0.411 e. The molecule has 0 bridgehead atoms. The lowest BCUT2D eigenvalue weighted by Gasteiger charge is -2.15. The van der Waals surface area contributed by atoms with Gasteiger partial charge in [-0.05, 0) is 19.1 Å². The molecular formula is C13H16F3NO4. The molecule has 0 spiro atoms. The summed E-state index contributed by atoms with van der Waals surface area (Å²) in [6, 6.07) is 4.60. The molecule has 0 aliphatic heterocycles. The Morgan fingerprint density at radius 2 is 1.86 bits per heavy atom. The summed E-state index contributed by atoms with van der Waals surface area (Å²) >= 11 is 0. The number of hydrogen-bond acceptors (Lipinski definition) is 4. The van der Waals surface area contributed by atoms with Gasteiger partial charge in [0.25, 0.3) is 5.91 Å². The van der Waals surface area contributed by atoms with E-state index in [0.717, 1.165) is 0 Å². The Balaban J connectivity index is 2.66. The summed E-state index contributed by atoms with van der Waals surface area (Å²) in [6.07, 6.45) is -5.71. The van der Waals surface area contributed by atoms with E-state index in [9.17, 15) is 18.0 Å². The molecule has 1 N–H and O–H groups in total. The maximum absolute atomic E-state index is 12.0. The summed E-state index contributed by atoms with van der Waals surface area (Å²) in [4.78, 5) is 11.7. The van der Waals surface area contributed by atoms with Gasteiger partial charge in [-0.1, -0.05) is 0 Å².